The molecular weight excluding hydrogens is 344 g/mol. The highest BCUT2D eigenvalue weighted by molar-refractivity contribution is 8.16. The van der Waals surface area contributed by atoms with Crippen LogP contribution in [-0.4, -0.2) is 43.0 Å². The number of carbonyl (C=O) groups is 2. The van der Waals surface area contributed by atoms with Crippen molar-refractivity contribution in [3.8, 4) is 18.1 Å². The second-order valence-corrected chi connectivity index (χ2v) is 7.77. The van der Waals surface area contributed by atoms with Gasteiger partial charge in [0.15, 0.2) is 6.61 Å². The molecule has 0 aliphatic carbocycles. The van der Waals surface area contributed by atoms with E-state index in [0.29, 0.717) is 10.3 Å². The van der Waals surface area contributed by atoms with E-state index in [-0.39, 0.29) is 31.5 Å². The van der Waals surface area contributed by atoms with E-state index in [9.17, 15) is 9.59 Å². The predicted octanol–water partition coefficient (Wildman–Crippen LogP) is 1.80. The van der Waals surface area contributed by atoms with Crippen molar-refractivity contribution in [1.82, 2.24) is 10.6 Å². The fourth-order valence-corrected chi connectivity index (χ4v) is 4.89. The largest absolute Gasteiger partial charge is 0.484 e. The quantitative estimate of drug-likeness (QED) is 0.722. The summed E-state index contributed by atoms with van der Waals surface area (Å²) in [5, 5.41) is 4.94. The van der Waals surface area contributed by atoms with Crippen molar-refractivity contribution in [3.05, 3.63) is 29.8 Å². The monoisotopic (exact) mass is 364 g/mol. The molecule has 2 rings (SSSR count). The summed E-state index contributed by atoms with van der Waals surface area (Å²) in [6.45, 7) is -0.0945. The Morgan fingerprint density at radius 1 is 1.17 bits per heavy atom. The van der Waals surface area contributed by atoms with Crippen molar-refractivity contribution in [2.75, 3.05) is 31.2 Å². The normalized spacial score (nSPS) is 14.5. The number of thioether (sulfide) groups is 2. The molecule has 0 atom stereocenters. The fourth-order valence-electron chi connectivity index (χ4n) is 1.99. The smallest absolute Gasteiger partial charge is 0.258 e. The Labute approximate surface area is 150 Å². The summed E-state index contributed by atoms with van der Waals surface area (Å²) in [5.74, 6) is 4.64. The maximum Gasteiger partial charge on any atom is 0.258 e. The molecule has 0 aromatic heterocycles. The first-order valence-corrected chi connectivity index (χ1v) is 9.71. The van der Waals surface area contributed by atoms with Crippen LogP contribution in [0.3, 0.4) is 0 Å². The molecule has 0 unspecified atom stereocenters. The number of amides is 2. The van der Waals surface area contributed by atoms with Gasteiger partial charge in [0, 0.05) is 0 Å². The van der Waals surface area contributed by atoms with E-state index in [4.69, 9.17) is 11.2 Å². The van der Waals surface area contributed by atoms with E-state index < -0.39 is 0 Å². The lowest BCUT2D eigenvalue weighted by molar-refractivity contribution is -0.127. The third-order valence-electron chi connectivity index (χ3n) is 3.18. The highest BCUT2D eigenvalue weighted by atomic mass is 32.2. The fraction of sp³-hybridized carbons (Fsp3) is 0.412. The SMILES string of the molecule is C#CCNC(=O)CNC(=O)COc1ccc(C2SCCCS2)cc1. The Hall–Kier alpha value is -1.78. The molecule has 0 bridgehead atoms. The molecule has 1 aliphatic heterocycles. The molecule has 1 aliphatic rings. The molecular formula is C17H20N2O3S2. The summed E-state index contributed by atoms with van der Waals surface area (Å²) >= 11 is 3.93. The second kappa shape index (κ2) is 10.2. The van der Waals surface area contributed by atoms with Crippen molar-refractivity contribution in [1.29, 1.82) is 0 Å². The van der Waals surface area contributed by atoms with Gasteiger partial charge in [-0.1, -0.05) is 18.1 Å². The molecule has 5 nitrogen and oxygen atoms in total. The minimum absolute atomic E-state index is 0.112. The number of rotatable bonds is 7. The van der Waals surface area contributed by atoms with Gasteiger partial charge in [-0.15, -0.1) is 29.9 Å². The molecule has 0 spiro atoms. The third kappa shape index (κ3) is 6.38. The number of nitrogens with one attached hydrogen (secondary N) is 2. The Bertz CT molecular complexity index is 593. The van der Waals surface area contributed by atoms with Gasteiger partial charge in [-0.05, 0) is 35.6 Å². The first-order valence-electron chi connectivity index (χ1n) is 7.62. The molecule has 2 amide bonds. The van der Waals surface area contributed by atoms with Crippen LogP contribution in [0.5, 0.6) is 5.75 Å². The zero-order valence-corrected chi connectivity index (χ0v) is 14.9. The molecule has 2 N–H and O–H groups in total. The Morgan fingerprint density at radius 3 is 2.54 bits per heavy atom. The van der Waals surface area contributed by atoms with Crippen molar-refractivity contribution < 1.29 is 14.3 Å². The average Bonchev–Trinajstić information content (AvgIpc) is 2.64. The summed E-state index contributed by atoms with van der Waals surface area (Å²) < 4.78 is 5.92. The second-order valence-electron chi connectivity index (χ2n) is 5.04. The number of terminal acetylenes is 1. The van der Waals surface area contributed by atoms with E-state index in [1.54, 1.807) is 0 Å². The van der Waals surface area contributed by atoms with E-state index >= 15 is 0 Å². The van der Waals surface area contributed by atoms with Crippen molar-refractivity contribution >= 4 is 35.3 Å². The first kappa shape index (κ1) is 18.6. The minimum Gasteiger partial charge on any atom is -0.484 e. The lowest BCUT2D eigenvalue weighted by atomic mass is 10.2. The van der Waals surface area contributed by atoms with Gasteiger partial charge in [0.1, 0.15) is 5.75 Å². The summed E-state index contributed by atoms with van der Waals surface area (Å²) in [4.78, 5) is 22.9. The Kier molecular flexibility index (Phi) is 7.86. The zero-order valence-electron chi connectivity index (χ0n) is 13.2. The minimum atomic E-state index is -0.353. The molecule has 24 heavy (non-hydrogen) atoms. The van der Waals surface area contributed by atoms with Crippen LogP contribution in [0.15, 0.2) is 24.3 Å². The highest BCUT2D eigenvalue weighted by Crippen LogP contribution is 2.43. The van der Waals surface area contributed by atoms with Crippen LogP contribution in [0.2, 0.25) is 0 Å². The van der Waals surface area contributed by atoms with Gasteiger partial charge in [0.25, 0.3) is 5.91 Å². The lowest BCUT2D eigenvalue weighted by Crippen LogP contribution is -2.38. The Balaban J connectivity index is 1.70. The van der Waals surface area contributed by atoms with Gasteiger partial charge in [-0.2, -0.15) is 0 Å². The standard InChI is InChI=1S/C17H20N2O3S2/c1-2-8-18-15(20)11-19-16(21)12-22-14-6-4-13(5-7-14)17-23-9-3-10-24-17/h1,4-7,17H,3,8-12H2,(H,18,20)(H,19,21). The maximum absolute atomic E-state index is 11.6. The van der Waals surface area contributed by atoms with E-state index in [1.165, 1.54) is 23.5 Å². The number of ether oxygens (including phenoxy) is 1. The molecule has 1 aromatic rings. The Morgan fingerprint density at radius 2 is 1.88 bits per heavy atom. The summed E-state index contributed by atoms with van der Waals surface area (Å²) in [7, 11) is 0. The predicted molar refractivity (Wildman–Crippen MR) is 99.1 cm³/mol. The van der Waals surface area contributed by atoms with Gasteiger partial charge in [0.2, 0.25) is 5.91 Å². The molecule has 0 saturated carbocycles. The molecule has 7 heteroatoms. The van der Waals surface area contributed by atoms with Gasteiger partial charge >= 0.3 is 0 Å². The number of benzene rings is 1. The van der Waals surface area contributed by atoms with Crippen LogP contribution < -0.4 is 15.4 Å². The van der Waals surface area contributed by atoms with Gasteiger partial charge < -0.3 is 15.4 Å². The van der Waals surface area contributed by atoms with Crippen LogP contribution in [-0.2, 0) is 9.59 Å². The van der Waals surface area contributed by atoms with Crippen LogP contribution in [0.1, 0.15) is 16.6 Å². The molecule has 0 radical (unpaired) electrons. The van der Waals surface area contributed by atoms with Crippen LogP contribution in [0.4, 0.5) is 0 Å². The number of carbonyl (C=O) groups excluding carboxylic acids is 2. The van der Waals surface area contributed by atoms with E-state index in [0.717, 1.165) is 0 Å². The van der Waals surface area contributed by atoms with Crippen molar-refractivity contribution in [2.24, 2.45) is 0 Å². The number of hydrogen-bond acceptors (Lipinski definition) is 5. The summed E-state index contributed by atoms with van der Waals surface area (Å²) in [6.07, 6.45) is 6.30. The summed E-state index contributed by atoms with van der Waals surface area (Å²) in [6, 6.07) is 7.82. The lowest BCUT2D eigenvalue weighted by Gasteiger charge is -2.21. The zero-order chi connectivity index (χ0) is 17.2. The van der Waals surface area contributed by atoms with Gasteiger partial charge in [-0.3, -0.25) is 9.59 Å². The van der Waals surface area contributed by atoms with Crippen LogP contribution in [0, 0.1) is 12.3 Å². The highest BCUT2D eigenvalue weighted by Gasteiger charge is 2.16. The van der Waals surface area contributed by atoms with Crippen LogP contribution >= 0.6 is 23.5 Å². The molecule has 1 saturated heterocycles. The van der Waals surface area contributed by atoms with Gasteiger partial charge in [0.05, 0.1) is 17.7 Å². The number of hydrogen-bond donors (Lipinski definition) is 2. The molecule has 1 aromatic carbocycles. The summed E-state index contributed by atoms with van der Waals surface area (Å²) in [5.41, 5.74) is 1.27. The topological polar surface area (TPSA) is 67.4 Å². The molecule has 1 fully saturated rings. The first-order chi connectivity index (χ1) is 11.7. The van der Waals surface area contributed by atoms with Gasteiger partial charge in [-0.25, -0.2) is 0 Å². The van der Waals surface area contributed by atoms with Crippen molar-refractivity contribution in [3.63, 3.8) is 0 Å². The maximum atomic E-state index is 11.6. The van der Waals surface area contributed by atoms with E-state index in [1.807, 2.05) is 47.8 Å². The molecule has 1 heterocycles. The third-order valence-corrected chi connectivity index (χ3v) is 6.20. The molecule has 128 valence electrons. The average molecular weight is 364 g/mol. The van der Waals surface area contributed by atoms with Crippen LogP contribution in [0.25, 0.3) is 0 Å². The van der Waals surface area contributed by atoms with Crippen molar-refractivity contribution in [2.45, 2.75) is 11.0 Å². The van der Waals surface area contributed by atoms with E-state index in [2.05, 4.69) is 16.6 Å².